The van der Waals surface area contributed by atoms with Gasteiger partial charge in [0.25, 0.3) is 0 Å². The second-order valence-corrected chi connectivity index (χ2v) is 7.22. The van der Waals surface area contributed by atoms with Gasteiger partial charge in [0.15, 0.2) is 11.9 Å². The van der Waals surface area contributed by atoms with E-state index in [4.69, 9.17) is 19.2 Å². The predicted molar refractivity (Wildman–Crippen MR) is 67.9 cm³/mol. The molecule has 108 valence electrons. The Bertz CT molecular complexity index is 386. The maximum atomic E-state index is 6.16. The predicted octanol–water partition coefficient (Wildman–Crippen LogP) is 2.87. The maximum absolute atomic E-state index is 6.16. The summed E-state index contributed by atoms with van der Waals surface area (Å²) in [6, 6.07) is 0. The molecule has 0 aromatic rings. The number of hydrogen-bond acceptors (Lipinski definition) is 4. The van der Waals surface area contributed by atoms with Gasteiger partial charge in [0.2, 0.25) is 5.79 Å². The number of rotatable bonds is 0. The molecule has 1 saturated carbocycles. The zero-order chi connectivity index (χ0) is 13.3. The normalized spacial score (nSPS) is 60.5. The smallest absolute Gasteiger partial charge is 0.201 e. The lowest BCUT2D eigenvalue weighted by atomic mass is 9.58. The van der Waals surface area contributed by atoms with Crippen LogP contribution in [0.25, 0.3) is 0 Å². The Morgan fingerprint density at radius 2 is 1.74 bits per heavy atom. The molecule has 19 heavy (non-hydrogen) atoms. The van der Waals surface area contributed by atoms with Crippen LogP contribution in [0.1, 0.15) is 46.5 Å². The molecular formula is C15H24O4. The molecule has 1 spiro atoms. The van der Waals surface area contributed by atoms with E-state index in [1.165, 1.54) is 12.8 Å². The molecule has 2 bridgehead atoms. The molecule has 4 nitrogen and oxygen atoms in total. The minimum atomic E-state index is -0.627. The molecule has 4 saturated heterocycles. The highest BCUT2D eigenvalue weighted by Crippen LogP contribution is 2.59. The third kappa shape index (κ3) is 1.54. The molecule has 0 amide bonds. The van der Waals surface area contributed by atoms with Crippen LogP contribution in [-0.4, -0.2) is 24.3 Å². The highest BCUT2D eigenvalue weighted by Gasteiger charge is 2.67. The zero-order valence-electron chi connectivity index (χ0n) is 12.1. The van der Waals surface area contributed by atoms with E-state index in [0.717, 1.165) is 19.4 Å². The lowest BCUT2D eigenvalue weighted by Crippen LogP contribution is -2.68. The first-order chi connectivity index (χ1) is 9.05. The van der Waals surface area contributed by atoms with Crippen molar-refractivity contribution in [2.75, 3.05) is 6.61 Å². The standard InChI is InChI=1S/C15H24O4/c1-9-4-5-11-10(2)8-16-13-15(11)12(9)6-7-14(3,17-13)18-19-15/h9-13H,4-8H2,1-3H3/t9-,10+,11+,12+,13-,14-,15?/m1/s1. The molecule has 5 rings (SSSR count). The average molecular weight is 268 g/mol. The van der Waals surface area contributed by atoms with Crippen molar-refractivity contribution < 1.29 is 19.2 Å². The SMILES string of the molecule is C[C@@H]1CC[C@H]2[C@@H](C)CO[C@@H]3O[C@@]4(C)CC[C@@H]1C32OO4. The van der Waals surface area contributed by atoms with Gasteiger partial charge in [-0.05, 0) is 43.9 Å². The van der Waals surface area contributed by atoms with Gasteiger partial charge in [0.1, 0.15) is 0 Å². The molecule has 7 atom stereocenters. The van der Waals surface area contributed by atoms with Gasteiger partial charge in [-0.15, -0.1) is 0 Å². The van der Waals surface area contributed by atoms with Crippen molar-refractivity contribution in [3.05, 3.63) is 0 Å². The van der Waals surface area contributed by atoms with Gasteiger partial charge in [0, 0.05) is 12.3 Å². The maximum Gasteiger partial charge on any atom is 0.201 e. The molecule has 4 heteroatoms. The molecular weight excluding hydrogens is 244 g/mol. The minimum absolute atomic E-state index is 0.248. The van der Waals surface area contributed by atoms with Crippen molar-refractivity contribution in [3.63, 3.8) is 0 Å². The third-order valence-electron chi connectivity index (χ3n) is 5.97. The topological polar surface area (TPSA) is 36.9 Å². The summed E-state index contributed by atoms with van der Waals surface area (Å²) in [6.07, 6.45) is 4.24. The van der Waals surface area contributed by atoms with E-state index in [-0.39, 0.29) is 11.9 Å². The van der Waals surface area contributed by atoms with E-state index < -0.39 is 5.79 Å². The van der Waals surface area contributed by atoms with Crippen LogP contribution in [-0.2, 0) is 19.2 Å². The molecule has 1 unspecified atom stereocenters. The van der Waals surface area contributed by atoms with Crippen LogP contribution < -0.4 is 0 Å². The number of hydrogen-bond donors (Lipinski definition) is 0. The van der Waals surface area contributed by atoms with Crippen LogP contribution in [0, 0.1) is 23.7 Å². The summed E-state index contributed by atoms with van der Waals surface area (Å²) >= 11 is 0. The Morgan fingerprint density at radius 1 is 0.947 bits per heavy atom. The highest BCUT2D eigenvalue weighted by atomic mass is 17.3. The molecule has 0 N–H and O–H groups in total. The lowest BCUT2D eigenvalue weighted by molar-refractivity contribution is -0.566. The Balaban J connectivity index is 1.81. The molecule has 5 aliphatic rings. The quantitative estimate of drug-likeness (QED) is 0.633. The van der Waals surface area contributed by atoms with Gasteiger partial charge in [-0.1, -0.05) is 13.8 Å². The summed E-state index contributed by atoms with van der Waals surface area (Å²) in [5, 5.41) is 0. The van der Waals surface area contributed by atoms with Crippen LogP contribution in [0.5, 0.6) is 0 Å². The van der Waals surface area contributed by atoms with Crippen molar-refractivity contribution in [1.29, 1.82) is 0 Å². The Kier molecular flexibility index (Phi) is 2.61. The van der Waals surface area contributed by atoms with Crippen LogP contribution >= 0.6 is 0 Å². The van der Waals surface area contributed by atoms with E-state index in [1.54, 1.807) is 0 Å². The molecule has 5 fully saturated rings. The molecule has 4 aliphatic heterocycles. The molecule has 0 radical (unpaired) electrons. The molecule has 0 aromatic carbocycles. The fourth-order valence-corrected chi connectivity index (χ4v) is 4.88. The van der Waals surface area contributed by atoms with Gasteiger partial charge < -0.3 is 9.47 Å². The Morgan fingerprint density at radius 3 is 2.58 bits per heavy atom. The van der Waals surface area contributed by atoms with Crippen LogP contribution in [0.2, 0.25) is 0 Å². The number of fused-ring (bicyclic) bond motifs is 2. The Hall–Kier alpha value is -0.160. The van der Waals surface area contributed by atoms with Gasteiger partial charge >= 0.3 is 0 Å². The monoisotopic (exact) mass is 268 g/mol. The van der Waals surface area contributed by atoms with E-state index in [2.05, 4.69) is 13.8 Å². The fourth-order valence-electron chi connectivity index (χ4n) is 4.88. The van der Waals surface area contributed by atoms with Crippen LogP contribution in [0.4, 0.5) is 0 Å². The van der Waals surface area contributed by atoms with Gasteiger partial charge in [-0.3, -0.25) is 0 Å². The first-order valence-electron chi connectivity index (χ1n) is 7.71. The van der Waals surface area contributed by atoms with Crippen molar-refractivity contribution in [1.82, 2.24) is 0 Å². The lowest BCUT2D eigenvalue weighted by Gasteiger charge is -2.58. The fraction of sp³-hybridized carbons (Fsp3) is 1.00. The average Bonchev–Trinajstić information content (AvgIpc) is 2.61. The second-order valence-electron chi connectivity index (χ2n) is 7.22. The van der Waals surface area contributed by atoms with Crippen molar-refractivity contribution in [2.24, 2.45) is 23.7 Å². The summed E-state index contributed by atoms with van der Waals surface area (Å²) in [5.74, 6) is 1.53. The summed E-state index contributed by atoms with van der Waals surface area (Å²) < 4.78 is 12.2. The van der Waals surface area contributed by atoms with Gasteiger partial charge in [-0.2, -0.15) is 0 Å². The van der Waals surface area contributed by atoms with E-state index in [0.29, 0.717) is 23.7 Å². The highest BCUT2D eigenvalue weighted by molar-refractivity contribution is 5.08. The van der Waals surface area contributed by atoms with Gasteiger partial charge in [0.05, 0.1) is 6.61 Å². The molecule has 1 aliphatic carbocycles. The minimum Gasteiger partial charge on any atom is -0.349 e. The largest absolute Gasteiger partial charge is 0.349 e. The van der Waals surface area contributed by atoms with Crippen molar-refractivity contribution in [3.8, 4) is 0 Å². The number of ether oxygens (including phenoxy) is 2. The summed E-state index contributed by atoms with van der Waals surface area (Å²) in [4.78, 5) is 11.7. The zero-order valence-corrected chi connectivity index (χ0v) is 12.1. The molecule has 0 aromatic heterocycles. The van der Waals surface area contributed by atoms with Crippen molar-refractivity contribution >= 4 is 0 Å². The Labute approximate surface area is 114 Å². The third-order valence-corrected chi connectivity index (χ3v) is 5.97. The van der Waals surface area contributed by atoms with E-state index in [1.807, 2.05) is 6.92 Å². The summed E-state index contributed by atoms with van der Waals surface area (Å²) in [6.45, 7) is 7.36. The summed E-state index contributed by atoms with van der Waals surface area (Å²) in [5.41, 5.74) is -0.370. The molecule has 4 heterocycles. The van der Waals surface area contributed by atoms with Crippen LogP contribution in [0.15, 0.2) is 0 Å². The van der Waals surface area contributed by atoms with E-state index in [9.17, 15) is 0 Å². The van der Waals surface area contributed by atoms with Crippen molar-refractivity contribution in [2.45, 2.75) is 64.1 Å². The van der Waals surface area contributed by atoms with E-state index >= 15 is 0 Å². The second kappa shape index (κ2) is 3.94. The van der Waals surface area contributed by atoms with Crippen LogP contribution in [0.3, 0.4) is 0 Å². The first-order valence-corrected chi connectivity index (χ1v) is 7.71. The first kappa shape index (κ1) is 12.6. The van der Waals surface area contributed by atoms with Gasteiger partial charge in [-0.25, -0.2) is 9.78 Å². The summed E-state index contributed by atoms with van der Waals surface area (Å²) in [7, 11) is 0.